The Hall–Kier alpha value is -2.67. The van der Waals surface area contributed by atoms with Gasteiger partial charge in [-0.25, -0.2) is 0 Å². The molecule has 22 heavy (non-hydrogen) atoms. The number of benzene rings is 3. The van der Waals surface area contributed by atoms with E-state index in [0.717, 1.165) is 17.6 Å². The van der Waals surface area contributed by atoms with E-state index >= 15 is 0 Å². The normalized spacial score (nSPS) is 11.1. The molecule has 0 saturated heterocycles. The summed E-state index contributed by atoms with van der Waals surface area (Å²) in [6.07, 6.45) is 0.867. The number of nitrogens with zero attached hydrogens (tertiary/aromatic N) is 1. The van der Waals surface area contributed by atoms with Crippen LogP contribution in [0.25, 0.3) is 21.7 Å². The van der Waals surface area contributed by atoms with Crippen molar-refractivity contribution in [2.24, 2.45) is 0 Å². The Kier molecular flexibility index (Phi) is 3.12. The molecule has 1 nitrogen and oxygen atoms in total. The Morgan fingerprint density at radius 1 is 0.682 bits per heavy atom. The Balaban J connectivity index is 1.93. The van der Waals surface area contributed by atoms with Crippen molar-refractivity contribution in [1.82, 2.24) is 4.98 Å². The predicted molar refractivity (Wildman–Crippen MR) is 93.2 cm³/mol. The predicted octanol–water partition coefficient (Wildman–Crippen LogP) is 5.29. The molecule has 0 radical (unpaired) electrons. The lowest BCUT2D eigenvalue weighted by molar-refractivity contribution is 1.12. The number of rotatable bonds is 2. The Morgan fingerprint density at radius 3 is 2.09 bits per heavy atom. The van der Waals surface area contributed by atoms with Crippen molar-refractivity contribution in [1.29, 1.82) is 0 Å². The van der Waals surface area contributed by atoms with Gasteiger partial charge in [-0.2, -0.15) is 0 Å². The molecule has 1 heterocycles. The highest BCUT2D eigenvalue weighted by Crippen LogP contribution is 2.27. The first-order valence-electron chi connectivity index (χ1n) is 7.63. The zero-order valence-electron chi connectivity index (χ0n) is 12.6. The number of aryl methyl sites for hydroxylation is 1. The zero-order chi connectivity index (χ0) is 14.9. The minimum absolute atomic E-state index is 0.867. The molecule has 1 aromatic heterocycles. The largest absolute Gasteiger partial charge is 0.252 e. The first-order chi connectivity index (χ1) is 10.8. The molecule has 0 amide bonds. The van der Waals surface area contributed by atoms with Crippen LogP contribution in [0, 0.1) is 6.92 Å². The third-order valence-electron chi connectivity index (χ3n) is 4.18. The van der Waals surface area contributed by atoms with E-state index in [0.29, 0.717) is 0 Å². The summed E-state index contributed by atoms with van der Waals surface area (Å²) < 4.78 is 0. The molecule has 0 aliphatic rings. The van der Waals surface area contributed by atoms with E-state index in [1.807, 2.05) is 0 Å². The van der Waals surface area contributed by atoms with Crippen LogP contribution in [0.5, 0.6) is 0 Å². The highest BCUT2D eigenvalue weighted by molar-refractivity contribution is 6.06. The van der Waals surface area contributed by atoms with Crippen LogP contribution in [-0.2, 0) is 6.42 Å². The second-order valence-electron chi connectivity index (χ2n) is 5.78. The highest BCUT2D eigenvalue weighted by atomic mass is 14.7. The topological polar surface area (TPSA) is 12.9 Å². The van der Waals surface area contributed by atoms with Crippen LogP contribution >= 0.6 is 0 Å². The zero-order valence-corrected chi connectivity index (χ0v) is 12.6. The molecule has 106 valence electrons. The minimum atomic E-state index is 0.867. The van der Waals surface area contributed by atoms with Crippen molar-refractivity contribution in [3.05, 3.63) is 89.6 Å². The maximum Gasteiger partial charge on any atom is 0.0711 e. The average Bonchev–Trinajstić information content (AvgIpc) is 2.57. The van der Waals surface area contributed by atoms with Crippen molar-refractivity contribution >= 4 is 21.7 Å². The van der Waals surface area contributed by atoms with Crippen molar-refractivity contribution in [2.75, 3.05) is 0 Å². The SMILES string of the molecule is Cc1ccc(Cc2nc3ccccc3c3ccccc23)cc1. The van der Waals surface area contributed by atoms with E-state index in [1.54, 1.807) is 0 Å². The van der Waals surface area contributed by atoms with Gasteiger partial charge in [-0.1, -0.05) is 72.3 Å². The fourth-order valence-corrected chi connectivity index (χ4v) is 3.01. The molecule has 0 atom stereocenters. The summed E-state index contributed by atoms with van der Waals surface area (Å²) in [7, 11) is 0. The molecule has 0 saturated carbocycles. The molecule has 0 fully saturated rings. The lowest BCUT2D eigenvalue weighted by Crippen LogP contribution is -1.95. The van der Waals surface area contributed by atoms with Gasteiger partial charge >= 0.3 is 0 Å². The maximum absolute atomic E-state index is 4.92. The summed E-state index contributed by atoms with van der Waals surface area (Å²) in [5.41, 5.74) is 4.82. The van der Waals surface area contributed by atoms with Gasteiger partial charge in [0.25, 0.3) is 0 Å². The quantitative estimate of drug-likeness (QED) is 0.456. The second-order valence-corrected chi connectivity index (χ2v) is 5.78. The lowest BCUT2D eigenvalue weighted by atomic mass is 10.00. The molecule has 1 heteroatoms. The molecular formula is C21H17N. The van der Waals surface area contributed by atoms with E-state index in [-0.39, 0.29) is 0 Å². The van der Waals surface area contributed by atoms with Crippen LogP contribution < -0.4 is 0 Å². The summed E-state index contributed by atoms with van der Waals surface area (Å²) in [6, 6.07) is 25.7. The van der Waals surface area contributed by atoms with E-state index in [9.17, 15) is 0 Å². The van der Waals surface area contributed by atoms with Gasteiger partial charge in [0, 0.05) is 17.2 Å². The van der Waals surface area contributed by atoms with Gasteiger partial charge < -0.3 is 0 Å². The van der Waals surface area contributed by atoms with Crippen molar-refractivity contribution in [3.8, 4) is 0 Å². The number of fused-ring (bicyclic) bond motifs is 3. The summed E-state index contributed by atoms with van der Waals surface area (Å²) >= 11 is 0. The number of hydrogen-bond donors (Lipinski definition) is 0. The Bertz CT molecular complexity index is 952. The molecule has 0 N–H and O–H groups in total. The van der Waals surface area contributed by atoms with Crippen LogP contribution in [-0.4, -0.2) is 4.98 Å². The summed E-state index contributed by atoms with van der Waals surface area (Å²) in [4.78, 5) is 4.92. The van der Waals surface area contributed by atoms with E-state index in [4.69, 9.17) is 4.98 Å². The van der Waals surface area contributed by atoms with Crippen LogP contribution in [0.4, 0.5) is 0 Å². The standard InChI is InChI=1S/C21H17N/c1-15-10-12-16(13-11-15)14-21-19-8-3-2-6-17(19)18-7-4-5-9-20(18)22-21/h2-13H,14H2,1H3. The third-order valence-corrected chi connectivity index (χ3v) is 4.18. The van der Waals surface area contributed by atoms with Crippen LogP contribution in [0.15, 0.2) is 72.8 Å². The van der Waals surface area contributed by atoms with Crippen molar-refractivity contribution < 1.29 is 0 Å². The van der Waals surface area contributed by atoms with Crippen molar-refractivity contribution in [2.45, 2.75) is 13.3 Å². The van der Waals surface area contributed by atoms with Crippen LogP contribution in [0.1, 0.15) is 16.8 Å². The van der Waals surface area contributed by atoms with Gasteiger partial charge in [-0.15, -0.1) is 0 Å². The average molecular weight is 283 g/mol. The van der Waals surface area contributed by atoms with Crippen LogP contribution in [0.3, 0.4) is 0 Å². The molecule has 0 spiro atoms. The van der Waals surface area contributed by atoms with Gasteiger partial charge in [-0.05, 0) is 23.9 Å². The number of aromatic nitrogens is 1. The van der Waals surface area contributed by atoms with E-state index < -0.39 is 0 Å². The summed E-state index contributed by atoms with van der Waals surface area (Å²) in [6.45, 7) is 2.12. The fourth-order valence-electron chi connectivity index (χ4n) is 3.01. The molecule has 4 aromatic rings. The van der Waals surface area contributed by atoms with Crippen molar-refractivity contribution in [3.63, 3.8) is 0 Å². The lowest BCUT2D eigenvalue weighted by Gasteiger charge is -2.10. The number of hydrogen-bond acceptors (Lipinski definition) is 1. The smallest absolute Gasteiger partial charge is 0.0711 e. The monoisotopic (exact) mass is 283 g/mol. The van der Waals surface area contributed by atoms with E-state index in [1.165, 1.54) is 27.3 Å². The fraction of sp³-hybridized carbons (Fsp3) is 0.0952. The Labute approximate surface area is 130 Å². The van der Waals surface area contributed by atoms with Gasteiger partial charge in [0.05, 0.1) is 11.2 Å². The summed E-state index contributed by atoms with van der Waals surface area (Å²) in [5, 5.41) is 3.77. The first kappa shape index (κ1) is 13.0. The molecule has 0 bridgehead atoms. The third kappa shape index (κ3) is 2.25. The molecule has 3 aromatic carbocycles. The highest BCUT2D eigenvalue weighted by Gasteiger charge is 2.08. The molecule has 0 aliphatic carbocycles. The molecule has 0 aliphatic heterocycles. The van der Waals surface area contributed by atoms with Gasteiger partial charge in [-0.3, -0.25) is 4.98 Å². The number of para-hydroxylation sites is 1. The molecular weight excluding hydrogens is 266 g/mol. The van der Waals surface area contributed by atoms with Gasteiger partial charge in [0.2, 0.25) is 0 Å². The molecule has 4 rings (SSSR count). The van der Waals surface area contributed by atoms with Gasteiger partial charge in [0.1, 0.15) is 0 Å². The van der Waals surface area contributed by atoms with E-state index in [2.05, 4.69) is 79.7 Å². The first-order valence-corrected chi connectivity index (χ1v) is 7.63. The molecule has 0 unspecified atom stereocenters. The Morgan fingerprint density at radius 2 is 1.32 bits per heavy atom. The van der Waals surface area contributed by atoms with Crippen LogP contribution in [0.2, 0.25) is 0 Å². The maximum atomic E-state index is 4.92. The number of pyridine rings is 1. The summed E-state index contributed by atoms with van der Waals surface area (Å²) in [5.74, 6) is 0. The van der Waals surface area contributed by atoms with Gasteiger partial charge in [0.15, 0.2) is 0 Å². The minimum Gasteiger partial charge on any atom is -0.252 e. The second kappa shape index (κ2) is 5.27.